The van der Waals surface area contributed by atoms with Gasteiger partial charge in [0.15, 0.2) is 0 Å². The summed E-state index contributed by atoms with van der Waals surface area (Å²) >= 11 is 3.36. The van der Waals surface area contributed by atoms with E-state index in [9.17, 15) is 14.7 Å². The van der Waals surface area contributed by atoms with Crippen LogP contribution in [-0.4, -0.2) is 40.1 Å². The van der Waals surface area contributed by atoms with Crippen LogP contribution in [0.15, 0.2) is 28.7 Å². The van der Waals surface area contributed by atoms with E-state index in [1.165, 1.54) is 4.90 Å². The first-order valence-electron chi connectivity index (χ1n) is 6.78. The third-order valence-electron chi connectivity index (χ3n) is 3.54. The molecule has 0 spiro atoms. The van der Waals surface area contributed by atoms with Gasteiger partial charge < -0.3 is 10.0 Å². The Morgan fingerprint density at radius 3 is 2.38 bits per heavy atom. The zero-order valence-electron chi connectivity index (χ0n) is 12.3. The van der Waals surface area contributed by atoms with Gasteiger partial charge in [-0.3, -0.25) is 9.69 Å². The van der Waals surface area contributed by atoms with Crippen molar-refractivity contribution in [3.05, 3.63) is 28.7 Å². The summed E-state index contributed by atoms with van der Waals surface area (Å²) in [6.45, 7) is 5.92. The highest BCUT2D eigenvalue weighted by atomic mass is 79.9. The molecule has 1 unspecified atom stereocenters. The van der Waals surface area contributed by atoms with Gasteiger partial charge in [0.1, 0.15) is 0 Å². The summed E-state index contributed by atoms with van der Waals surface area (Å²) in [5.41, 5.74) is 0.261. The lowest BCUT2D eigenvalue weighted by Crippen LogP contribution is -2.52. The molecule has 0 saturated carbocycles. The van der Waals surface area contributed by atoms with Crippen molar-refractivity contribution in [2.24, 2.45) is 0 Å². The number of nitrogens with zero attached hydrogens (tertiary/aromatic N) is 2. The van der Waals surface area contributed by atoms with Crippen molar-refractivity contribution in [2.75, 3.05) is 11.4 Å². The summed E-state index contributed by atoms with van der Waals surface area (Å²) in [6, 6.07) is 7.13. The standard InChI is InChI=1S/C15H19BrN2O3/c1-15(2,3)18(14(20)21)12-8-13(19)17(9-12)11-6-4-10(16)5-7-11/h4-7,12H,8-9H2,1-3H3,(H,20,21). The van der Waals surface area contributed by atoms with Gasteiger partial charge in [0.05, 0.1) is 6.04 Å². The number of hydrogen-bond donors (Lipinski definition) is 1. The molecule has 1 N–H and O–H groups in total. The second-order valence-corrected chi connectivity index (χ2v) is 7.08. The second-order valence-electron chi connectivity index (χ2n) is 6.16. The molecule has 2 amide bonds. The van der Waals surface area contributed by atoms with Gasteiger partial charge in [-0.25, -0.2) is 4.79 Å². The number of carbonyl (C=O) groups is 2. The van der Waals surface area contributed by atoms with Crippen LogP contribution in [0, 0.1) is 0 Å². The summed E-state index contributed by atoms with van der Waals surface area (Å²) in [5, 5.41) is 9.44. The number of rotatable bonds is 2. The van der Waals surface area contributed by atoms with E-state index in [0.717, 1.165) is 10.2 Å². The van der Waals surface area contributed by atoms with Crippen molar-refractivity contribution in [2.45, 2.75) is 38.8 Å². The van der Waals surface area contributed by atoms with Gasteiger partial charge in [-0.05, 0) is 45.0 Å². The minimum absolute atomic E-state index is 0.0437. The molecular weight excluding hydrogens is 336 g/mol. The Morgan fingerprint density at radius 1 is 1.33 bits per heavy atom. The Hall–Kier alpha value is -1.56. The van der Waals surface area contributed by atoms with Crippen molar-refractivity contribution in [1.82, 2.24) is 4.90 Å². The van der Waals surface area contributed by atoms with Crippen LogP contribution in [0.3, 0.4) is 0 Å². The van der Waals surface area contributed by atoms with Crippen molar-refractivity contribution in [1.29, 1.82) is 0 Å². The quantitative estimate of drug-likeness (QED) is 0.885. The molecule has 1 aliphatic heterocycles. The maximum atomic E-state index is 12.2. The summed E-state index contributed by atoms with van der Waals surface area (Å²) in [7, 11) is 0. The molecule has 1 saturated heterocycles. The lowest BCUT2D eigenvalue weighted by Gasteiger charge is -2.37. The Balaban J connectivity index is 2.22. The highest BCUT2D eigenvalue weighted by molar-refractivity contribution is 9.10. The van der Waals surface area contributed by atoms with E-state index in [1.54, 1.807) is 4.90 Å². The van der Waals surface area contributed by atoms with Gasteiger partial charge in [-0.15, -0.1) is 0 Å². The molecular formula is C15H19BrN2O3. The minimum atomic E-state index is -0.988. The molecule has 5 nitrogen and oxygen atoms in total. The van der Waals surface area contributed by atoms with Gasteiger partial charge in [-0.2, -0.15) is 0 Å². The van der Waals surface area contributed by atoms with Crippen LogP contribution in [0.1, 0.15) is 27.2 Å². The van der Waals surface area contributed by atoms with Crippen LogP contribution in [-0.2, 0) is 4.79 Å². The smallest absolute Gasteiger partial charge is 0.408 e. The molecule has 2 rings (SSSR count). The van der Waals surface area contributed by atoms with Crippen LogP contribution in [0.25, 0.3) is 0 Å². The number of carbonyl (C=O) groups excluding carboxylic acids is 1. The molecule has 0 aromatic heterocycles. The Labute approximate surface area is 132 Å². The number of anilines is 1. The topological polar surface area (TPSA) is 60.9 Å². The molecule has 1 heterocycles. The maximum Gasteiger partial charge on any atom is 0.408 e. The molecule has 1 aliphatic rings. The molecule has 1 aromatic carbocycles. The van der Waals surface area contributed by atoms with Crippen LogP contribution in [0.4, 0.5) is 10.5 Å². The fourth-order valence-corrected chi connectivity index (χ4v) is 2.99. The van der Waals surface area contributed by atoms with E-state index in [0.29, 0.717) is 6.54 Å². The average molecular weight is 355 g/mol. The SMILES string of the molecule is CC(C)(C)N(C(=O)O)C1CC(=O)N(c2ccc(Br)cc2)C1. The molecule has 6 heteroatoms. The fourth-order valence-electron chi connectivity index (χ4n) is 2.72. The number of halogens is 1. The largest absolute Gasteiger partial charge is 0.465 e. The summed E-state index contributed by atoms with van der Waals surface area (Å²) < 4.78 is 0.941. The first kappa shape index (κ1) is 15.8. The molecule has 0 bridgehead atoms. The molecule has 0 aliphatic carbocycles. The van der Waals surface area contributed by atoms with E-state index in [-0.39, 0.29) is 18.4 Å². The molecule has 1 aromatic rings. The second kappa shape index (κ2) is 5.67. The Kier molecular flexibility index (Phi) is 4.27. The van der Waals surface area contributed by atoms with Gasteiger partial charge in [-0.1, -0.05) is 15.9 Å². The van der Waals surface area contributed by atoms with Crippen LogP contribution in [0.5, 0.6) is 0 Å². The van der Waals surface area contributed by atoms with E-state index in [4.69, 9.17) is 0 Å². The molecule has 114 valence electrons. The maximum absolute atomic E-state index is 12.2. The third kappa shape index (κ3) is 3.37. The van der Waals surface area contributed by atoms with E-state index < -0.39 is 11.6 Å². The van der Waals surface area contributed by atoms with E-state index >= 15 is 0 Å². The zero-order valence-corrected chi connectivity index (χ0v) is 13.9. The van der Waals surface area contributed by atoms with Crippen molar-refractivity contribution in [3.63, 3.8) is 0 Å². The number of hydrogen-bond acceptors (Lipinski definition) is 2. The van der Waals surface area contributed by atoms with E-state index in [2.05, 4.69) is 15.9 Å². The Bertz CT molecular complexity index is 551. The summed E-state index contributed by atoms with van der Waals surface area (Å²) in [4.78, 5) is 26.8. The molecule has 0 radical (unpaired) electrons. The average Bonchev–Trinajstić information content (AvgIpc) is 2.69. The lowest BCUT2D eigenvalue weighted by atomic mass is 10.0. The van der Waals surface area contributed by atoms with Crippen molar-refractivity contribution < 1.29 is 14.7 Å². The van der Waals surface area contributed by atoms with Gasteiger partial charge in [0.25, 0.3) is 0 Å². The number of benzene rings is 1. The highest BCUT2D eigenvalue weighted by Crippen LogP contribution is 2.29. The molecule has 1 atom stereocenters. The summed E-state index contributed by atoms with van der Waals surface area (Å²) in [6.07, 6.45) is -0.766. The first-order chi connectivity index (χ1) is 9.70. The lowest BCUT2D eigenvalue weighted by molar-refractivity contribution is -0.117. The monoisotopic (exact) mass is 354 g/mol. The van der Waals surface area contributed by atoms with Crippen LogP contribution >= 0.6 is 15.9 Å². The Morgan fingerprint density at radius 2 is 1.90 bits per heavy atom. The molecule has 1 fully saturated rings. The predicted octanol–water partition coefficient (Wildman–Crippen LogP) is 3.33. The predicted molar refractivity (Wildman–Crippen MR) is 84.5 cm³/mol. The number of amides is 2. The highest BCUT2D eigenvalue weighted by Gasteiger charge is 2.41. The normalized spacial score (nSPS) is 19.0. The van der Waals surface area contributed by atoms with Gasteiger partial charge >= 0.3 is 6.09 Å². The number of carboxylic acid groups (broad SMARTS) is 1. The van der Waals surface area contributed by atoms with Gasteiger partial charge in [0.2, 0.25) is 5.91 Å². The first-order valence-corrected chi connectivity index (χ1v) is 7.57. The third-order valence-corrected chi connectivity index (χ3v) is 4.07. The van der Waals surface area contributed by atoms with Gasteiger partial charge in [0, 0.05) is 28.7 Å². The van der Waals surface area contributed by atoms with Crippen molar-refractivity contribution in [3.8, 4) is 0 Å². The molecule has 21 heavy (non-hydrogen) atoms. The van der Waals surface area contributed by atoms with Crippen molar-refractivity contribution >= 4 is 33.6 Å². The van der Waals surface area contributed by atoms with Crippen LogP contribution in [0.2, 0.25) is 0 Å². The van der Waals surface area contributed by atoms with E-state index in [1.807, 2.05) is 45.0 Å². The minimum Gasteiger partial charge on any atom is -0.465 e. The van der Waals surface area contributed by atoms with Crippen LogP contribution < -0.4 is 4.90 Å². The fraction of sp³-hybridized carbons (Fsp3) is 0.467. The summed E-state index contributed by atoms with van der Waals surface area (Å²) in [5.74, 6) is -0.0437. The zero-order chi connectivity index (χ0) is 15.8.